The molecule has 0 aromatic heterocycles. The van der Waals surface area contributed by atoms with Gasteiger partial charge in [-0.15, -0.1) is 0 Å². The van der Waals surface area contributed by atoms with Crippen LogP contribution in [0.25, 0.3) is 0 Å². The van der Waals surface area contributed by atoms with Crippen LogP contribution in [0.1, 0.15) is 27.7 Å². The quantitative estimate of drug-likeness (QED) is 0.334. The van der Waals surface area contributed by atoms with Crippen molar-refractivity contribution in [3.8, 4) is 0 Å². The van der Waals surface area contributed by atoms with E-state index >= 15 is 0 Å². The molecule has 1 aliphatic heterocycles. The Balaban J connectivity index is 3.33. The largest absolute Gasteiger partial charge is 0.468 e. The highest BCUT2D eigenvalue weighted by atomic mass is 16.7. The number of methoxy groups -OCH3 is 1. The molecule has 0 unspecified atom stereocenters. The van der Waals surface area contributed by atoms with Crippen LogP contribution >= 0.6 is 0 Å². The minimum Gasteiger partial charge on any atom is -0.468 e. The monoisotopic (exact) mass is 447 g/mol. The van der Waals surface area contributed by atoms with E-state index in [0.717, 1.165) is 34.8 Å². The standard InChI is InChI=1S/C18H25NO12/c1-8(20)27-7-12-14(28-9(2)21)15(29-10(3)22)16(30-11(4)23)17(31-12)18(25)19-6-13(24)26-5/h12,14-17H,6-7H2,1-5H3,(H,19,25)/t12-,14+,15+,16-,17-/m1/s1. The van der Waals surface area contributed by atoms with Gasteiger partial charge in [-0.25, -0.2) is 0 Å². The van der Waals surface area contributed by atoms with Gasteiger partial charge in [0.2, 0.25) is 0 Å². The van der Waals surface area contributed by atoms with Gasteiger partial charge in [0.15, 0.2) is 24.4 Å². The van der Waals surface area contributed by atoms with Crippen molar-refractivity contribution in [2.24, 2.45) is 0 Å². The Kier molecular flexibility index (Phi) is 9.86. The Morgan fingerprint density at radius 2 is 1.29 bits per heavy atom. The molecule has 1 fully saturated rings. The minimum atomic E-state index is -1.61. The molecule has 174 valence electrons. The summed E-state index contributed by atoms with van der Waals surface area (Å²) in [5, 5.41) is 2.24. The lowest BCUT2D eigenvalue weighted by Crippen LogP contribution is -2.65. The molecular weight excluding hydrogens is 422 g/mol. The first-order valence-electron chi connectivity index (χ1n) is 9.11. The van der Waals surface area contributed by atoms with Crippen molar-refractivity contribution in [3.05, 3.63) is 0 Å². The summed E-state index contributed by atoms with van der Waals surface area (Å²) in [4.78, 5) is 70.2. The van der Waals surface area contributed by atoms with E-state index in [1.165, 1.54) is 0 Å². The summed E-state index contributed by atoms with van der Waals surface area (Å²) in [5.74, 6) is -4.85. The van der Waals surface area contributed by atoms with Crippen molar-refractivity contribution < 1.29 is 57.2 Å². The van der Waals surface area contributed by atoms with Crippen LogP contribution in [0.2, 0.25) is 0 Å². The number of rotatable bonds is 8. The fourth-order valence-corrected chi connectivity index (χ4v) is 2.77. The van der Waals surface area contributed by atoms with E-state index < -0.39 is 79.4 Å². The van der Waals surface area contributed by atoms with Crippen molar-refractivity contribution in [2.45, 2.75) is 58.2 Å². The minimum absolute atomic E-state index is 0.474. The zero-order valence-electron chi connectivity index (χ0n) is 17.7. The number of carbonyl (C=O) groups is 6. The molecule has 1 heterocycles. The highest BCUT2D eigenvalue weighted by Crippen LogP contribution is 2.29. The summed E-state index contributed by atoms with van der Waals surface area (Å²) in [6.07, 6.45) is -7.27. The lowest BCUT2D eigenvalue weighted by molar-refractivity contribution is -0.249. The van der Waals surface area contributed by atoms with Gasteiger partial charge in [0.05, 0.1) is 7.11 Å². The molecule has 13 nitrogen and oxygen atoms in total. The summed E-state index contributed by atoms with van der Waals surface area (Å²) in [5.41, 5.74) is 0. The van der Waals surface area contributed by atoms with Crippen LogP contribution in [0.5, 0.6) is 0 Å². The van der Waals surface area contributed by atoms with Crippen LogP contribution in [0, 0.1) is 0 Å². The van der Waals surface area contributed by atoms with Gasteiger partial charge in [0, 0.05) is 27.7 Å². The molecule has 0 bridgehead atoms. The average Bonchev–Trinajstić information content (AvgIpc) is 2.66. The highest BCUT2D eigenvalue weighted by Gasteiger charge is 2.54. The van der Waals surface area contributed by atoms with Crippen LogP contribution in [-0.2, 0) is 57.2 Å². The van der Waals surface area contributed by atoms with E-state index in [0.29, 0.717) is 0 Å². The number of carbonyl (C=O) groups excluding carboxylic acids is 6. The summed E-state index contributed by atoms with van der Waals surface area (Å²) >= 11 is 0. The number of hydrogen-bond acceptors (Lipinski definition) is 12. The van der Waals surface area contributed by atoms with Gasteiger partial charge in [0.1, 0.15) is 19.3 Å². The molecule has 0 saturated carbocycles. The van der Waals surface area contributed by atoms with E-state index in [9.17, 15) is 28.8 Å². The molecule has 1 rings (SSSR count). The van der Waals surface area contributed by atoms with E-state index in [-0.39, 0.29) is 0 Å². The maximum Gasteiger partial charge on any atom is 0.325 e. The molecule has 0 aromatic carbocycles. The topological polar surface area (TPSA) is 170 Å². The molecule has 1 aliphatic rings. The highest BCUT2D eigenvalue weighted by molar-refractivity contribution is 5.86. The SMILES string of the molecule is COC(=O)CNC(=O)[C@@H]1O[C@H](COC(C)=O)[C@H](OC(C)=O)[C@H](OC(C)=O)[C@H]1OC(C)=O. The summed E-state index contributed by atoms with van der Waals surface area (Å²) in [6, 6.07) is 0. The van der Waals surface area contributed by atoms with Gasteiger partial charge in [-0.05, 0) is 0 Å². The fourth-order valence-electron chi connectivity index (χ4n) is 2.77. The third-order valence-corrected chi connectivity index (χ3v) is 3.88. The smallest absolute Gasteiger partial charge is 0.325 e. The Morgan fingerprint density at radius 3 is 1.77 bits per heavy atom. The lowest BCUT2D eigenvalue weighted by atomic mass is 9.93. The second-order valence-corrected chi connectivity index (χ2v) is 6.41. The maximum atomic E-state index is 12.7. The molecule has 1 N–H and O–H groups in total. The van der Waals surface area contributed by atoms with Crippen molar-refractivity contribution in [1.29, 1.82) is 0 Å². The Bertz CT molecular complexity index is 720. The van der Waals surface area contributed by atoms with Crippen LogP contribution < -0.4 is 5.32 Å². The van der Waals surface area contributed by atoms with Crippen molar-refractivity contribution in [1.82, 2.24) is 5.32 Å². The van der Waals surface area contributed by atoms with Gasteiger partial charge < -0.3 is 33.7 Å². The second kappa shape index (κ2) is 11.8. The van der Waals surface area contributed by atoms with E-state index in [2.05, 4.69) is 10.1 Å². The van der Waals surface area contributed by atoms with Gasteiger partial charge in [-0.1, -0.05) is 0 Å². The van der Waals surface area contributed by atoms with Crippen LogP contribution in [0.15, 0.2) is 0 Å². The molecule has 13 heteroatoms. The third kappa shape index (κ3) is 8.20. The second-order valence-electron chi connectivity index (χ2n) is 6.41. The fraction of sp³-hybridized carbons (Fsp3) is 0.667. The van der Waals surface area contributed by atoms with Gasteiger partial charge in [-0.2, -0.15) is 0 Å². The third-order valence-electron chi connectivity index (χ3n) is 3.88. The Hall–Kier alpha value is -3.22. The molecule has 1 saturated heterocycles. The predicted molar refractivity (Wildman–Crippen MR) is 97.0 cm³/mol. The molecule has 5 atom stereocenters. The van der Waals surface area contributed by atoms with Crippen LogP contribution in [0.4, 0.5) is 0 Å². The molecule has 0 aromatic rings. The van der Waals surface area contributed by atoms with Gasteiger partial charge >= 0.3 is 29.8 Å². The maximum absolute atomic E-state index is 12.7. The lowest BCUT2D eigenvalue weighted by Gasteiger charge is -2.43. The zero-order valence-corrected chi connectivity index (χ0v) is 17.7. The molecular formula is C18H25NO12. The van der Waals surface area contributed by atoms with Crippen LogP contribution in [-0.4, -0.2) is 86.5 Å². The first-order valence-corrected chi connectivity index (χ1v) is 9.11. The number of esters is 5. The van der Waals surface area contributed by atoms with E-state index in [1.54, 1.807) is 0 Å². The Labute approximate surface area is 177 Å². The zero-order chi connectivity index (χ0) is 23.7. The van der Waals surface area contributed by atoms with Crippen molar-refractivity contribution >= 4 is 35.8 Å². The summed E-state index contributed by atoms with van der Waals surface area (Å²) < 4.78 is 30.5. The van der Waals surface area contributed by atoms with Crippen LogP contribution in [0.3, 0.4) is 0 Å². The van der Waals surface area contributed by atoms with E-state index in [4.69, 9.17) is 23.7 Å². The molecule has 1 amide bonds. The van der Waals surface area contributed by atoms with Crippen molar-refractivity contribution in [3.63, 3.8) is 0 Å². The molecule has 0 aliphatic carbocycles. The summed E-state index contributed by atoms with van der Waals surface area (Å²) in [6.45, 7) is 3.29. The van der Waals surface area contributed by atoms with Gasteiger partial charge in [0.25, 0.3) is 5.91 Å². The van der Waals surface area contributed by atoms with E-state index in [1.807, 2.05) is 0 Å². The first kappa shape index (κ1) is 25.8. The number of nitrogens with one attached hydrogen (secondary N) is 1. The number of hydrogen-bond donors (Lipinski definition) is 1. The number of amides is 1. The molecule has 31 heavy (non-hydrogen) atoms. The molecule has 0 radical (unpaired) electrons. The molecule has 0 spiro atoms. The normalized spacial score (nSPS) is 24.9. The summed E-state index contributed by atoms with van der Waals surface area (Å²) in [7, 11) is 1.11. The Morgan fingerprint density at radius 1 is 0.774 bits per heavy atom. The first-order chi connectivity index (χ1) is 14.5. The predicted octanol–water partition coefficient (Wildman–Crippen LogP) is -1.60. The van der Waals surface area contributed by atoms with Gasteiger partial charge in [-0.3, -0.25) is 28.8 Å². The number of ether oxygens (including phenoxy) is 6. The average molecular weight is 447 g/mol. The van der Waals surface area contributed by atoms with Crippen molar-refractivity contribution in [2.75, 3.05) is 20.3 Å².